The van der Waals surface area contributed by atoms with Crippen molar-refractivity contribution in [3.8, 4) is 0 Å². The lowest BCUT2D eigenvalue weighted by Crippen LogP contribution is -2.30. The van der Waals surface area contributed by atoms with E-state index in [1.807, 2.05) is 20.8 Å². The number of nitrogens with zero attached hydrogens (tertiary/aromatic N) is 4. The maximum atomic E-state index is 11.9. The van der Waals surface area contributed by atoms with Crippen LogP contribution in [0.2, 0.25) is 0 Å². The van der Waals surface area contributed by atoms with Crippen LogP contribution in [0, 0.1) is 6.92 Å². The van der Waals surface area contributed by atoms with Gasteiger partial charge in [0.1, 0.15) is 17.0 Å². The predicted octanol–water partition coefficient (Wildman–Crippen LogP) is 2.76. The maximum absolute atomic E-state index is 11.9. The first kappa shape index (κ1) is 17.6. The van der Waals surface area contributed by atoms with E-state index in [0.717, 1.165) is 30.0 Å². The van der Waals surface area contributed by atoms with Gasteiger partial charge in [-0.3, -0.25) is 4.79 Å². The second-order valence-electron chi connectivity index (χ2n) is 7.04. The highest BCUT2D eigenvalue weighted by molar-refractivity contribution is 5.88. The minimum absolute atomic E-state index is 0.0174. The highest BCUT2D eigenvalue weighted by Crippen LogP contribution is 2.29. The van der Waals surface area contributed by atoms with Crippen LogP contribution < -0.4 is 10.2 Å². The molecule has 0 spiro atoms. The lowest BCUT2D eigenvalue weighted by atomic mass is 10.2. The normalized spacial score (nSPS) is 15.6. The Morgan fingerprint density at radius 3 is 2.60 bits per heavy atom. The summed E-state index contributed by atoms with van der Waals surface area (Å²) in [6, 6.07) is 0.139. The lowest BCUT2D eigenvalue weighted by Gasteiger charge is -2.22. The summed E-state index contributed by atoms with van der Waals surface area (Å²) in [6.45, 7) is 7.81. The quantitative estimate of drug-likeness (QED) is 0.897. The zero-order chi connectivity index (χ0) is 17.8. The number of nitrogens with one attached hydrogen (secondary N) is 1. The third-order valence-corrected chi connectivity index (χ3v) is 4.46. The third-order valence-electron chi connectivity index (χ3n) is 4.46. The molecule has 0 bridgehead atoms. The molecule has 1 fully saturated rings. The van der Waals surface area contributed by atoms with Crippen molar-refractivity contribution in [2.75, 3.05) is 18.0 Å². The molecule has 0 aromatic carbocycles. The molecule has 136 valence electrons. The van der Waals surface area contributed by atoms with Crippen LogP contribution in [0.5, 0.6) is 0 Å². The molecule has 7 heteroatoms. The summed E-state index contributed by atoms with van der Waals surface area (Å²) in [5.41, 5.74) is 1.34. The molecular formula is C18H27N5O2. The zero-order valence-electron chi connectivity index (χ0n) is 15.3. The van der Waals surface area contributed by atoms with Gasteiger partial charge in [0.15, 0.2) is 0 Å². The molecule has 7 nitrogen and oxygen atoms in total. The Hall–Kier alpha value is -2.18. The van der Waals surface area contributed by atoms with Gasteiger partial charge in [-0.2, -0.15) is 4.98 Å². The molecule has 2 aromatic heterocycles. The van der Waals surface area contributed by atoms with E-state index in [4.69, 9.17) is 9.51 Å². The Labute approximate surface area is 148 Å². The summed E-state index contributed by atoms with van der Waals surface area (Å²) in [5.74, 6) is 1.57. The molecule has 0 atom stereocenters. The highest BCUT2D eigenvalue weighted by atomic mass is 16.5. The number of hydrogen-bond donors (Lipinski definition) is 1. The van der Waals surface area contributed by atoms with Gasteiger partial charge in [-0.1, -0.05) is 18.0 Å². The fourth-order valence-corrected chi connectivity index (χ4v) is 3.25. The minimum Gasteiger partial charge on any atom is -0.356 e. The Kier molecular flexibility index (Phi) is 5.50. The molecule has 1 amide bonds. The molecule has 1 aliphatic rings. The minimum atomic E-state index is 0.0174. The van der Waals surface area contributed by atoms with Crippen molar-refractivity contribution in [3.05, 3.63) is 11.5 Å². The van der Waals surface area contributed by atoms with Crippen molar-refractivity contribution in [1.29, 1.82) is 0 Å². The summed E-state index contributed by atoms with van der Waals surface area (Å²) < 4.78 is 5.40. The second-order valence-corrected chi connectivity index (χ2v) is 7.04. The van der Waals surface area contributed by atoms with Crippen molar-refractivity contribution in [1.82, 2.24) is 20.4 Å². The average molecular weight is 345 g/mol. The van der Waals surface area contributed by atoms with E-state index in [-0.39, 0.29) is 11.9 Å². The van der Waals surface area contributed by atoms with Crippen LogP contribution >= 0.6 is 0 Å². The van der Waals surface area contributed by atoms with E-state index in [9.17, 15) is 4.79 Å². The predicted molar refractivity (Wildman–Crippen MR) is 96.6 cm³/mol. The number of aryl methyl sites for hydroxylation is 2. The second kappa shape index (κ2) is 7.80. The first-order valence-electron chi connectivity index (χ1n) is 9.22. The number of carbonyl (C=O) groups is 1. The van der Waals surface area contributed by atoms with Crippen LogP contribution in [0.4, 0.5) is 5.82 Å². The standard InChI is InChI=1S/C18H27N5O2/c1-12(2)19-15(24)9-8-14-20-17(23-10-6-4-5-7-11-23)16-13(3)22-25-18(16)21-14/h12H,4-11H2,1-3H3,(H,19,24). The van der Waals surface area contributed by atoms with Crippen molar-refractivity contribution < 1.29 is 9.32 Å². The monoisotopic (exact) mass is 345 g/mol. The molecule has 0 unspecified atom stereocenters. The van der Waals surface area contributed by atoms with E-state index in [1.165, 1.54) is 25.7 Å². The molecular weight excluding hydrogens is 318 g/mol. The zero-order valence-corrected chi connectivity index (χ0v) is 15.3. The van der Waals surface area contributed by atoms with Crippen LogP contribution in [0.1, 0.15) is 57.5 Å². The van der Waals surface area contributed by atoms with E-state index < -0.39 is 0 Å². The van der Waals surface area contributed by atoms with Gasteiger partial charge in [0.25, 0.3) is 5.71 Å². The van der Waals surface area contributed by atoms with Crippen LogP contribution in [0.3, 0.4) is 0 Å². The fraction of sp³-hybridized carbons (Fsp3) is 0.667. The number of fused-ring (bicyclic) bond motifs is 1. The van der Waals surface area contributed by atoms with Crippen molar-refractivity contribution in [2.45, 2.75) is 65.3 Å². The van der Waals surface area contributed by atoms with Gasteiger partial charge in [-0.15, -0.1) is 0 Å². The van der Waals surface area contributed by atoms with E-state index in [2.05, 4.69) is 20.4 Å². The first-order chi connectivity index (χ1) is 12.0. The fourth-order valence-electron chi connectivity index (χ4n) is 3.25. The molecule has 0 radical (unpaired) electrons. The maximum Gasteiger partial charge on any atom is 0.263 e. The van der Waals surface area contributed by atoms with Crippen molar-refractivity contribution in [3.63, 3.8) is 0 Å². The summed E-state index contributed by atoms with van der Waals surface area (Å²) >= 11 is 0. The Bertz CT molecular complexity index is 732. The van der Waals surface area contributed by atoms with Crippen LogP contribution in [-0.2, 0) is 11.2 Å². The average Bonchev–Trinajstić information content (AvgIpc) is 2.78. The summed E-state index contributed by atoms with van der Waals surface area (Å²) in [5, 5.41) is 7.87. The van der Waals surface area contributed by atoms with Gasteiger partial charge in [0, 0.05) is 32.0 Å². The molecule has 25 heavy (non-hydrogen) atoms. The first-order valence-corrected chi connectivity index (χ1v) is 9.22. The SMILES string of the molecule is Cc1noc2nc(CCC(=O)NC(C)C)nc(N3CCCCCC3)c12. The van der Waals surface area contributed by atoms with Gasteiger partial charge in [0.2, 0.25) is 5.91 Å². The molecule has 2 aromatic rings. The lowest BCUT2D eigenvalue weighted by molar-refractivity contribution is -0.121. The van der Waals surface area contributed by atoms with Crippen LogP contribution in [-0.4, -0.2) is 40.2 Å². The number of hydrogen-bond acceptors (Lipinski definition) is 6. The van der Waals surface area contributed by atoms with Gasteiger partial charge in [-0.05, 0) is 33.6 Å². The third kappa shape index (κ3) is 4.27. The Morgan fingerprint density at radius 2 is 1.92 bits per heavy atom. The van der Waals surface area contributed by atoms with E-state index >= 15 is 0 Å². The van der Waals surface area contributed by atoms with Crippen LogP contribution in [0.15, 0.2) is 4.52 Å². The van der Waals surface area contributed by atoms with Gasteiger partial charge in [0.05, 0.1) is 5.69 Å². The number of carbonyl (C=O) groups excluding carboxylic acids is 1. The van der Waals surface area contributed by atoms with Crippen molar-refractivity contribution in [2.24, 2.45) is 0 Å². The van der Waals surface area contributed by atoms with E-state index in [1.54, 1.807) is 0 Å². The van der Waals surface area contributed by atoms with Crippen LogP contribution in [0.25, 0.3) is 11.1 Å². The summed E-state index contributed by atoms with van der Waals surface area (Å²) in [7, 11) is 0. The van der Waals surface area contributed by atoms with Gasteiger partial charge in [-0.25, -0.2) is 4.98 Å². The molecule has 0 aliphatic carbocycles. The van der Waals surface area contributed by atoms with Gasteiger partial charge >= 0.3 is 0 Å². The number of anilines is 1. The smallest absolute Gasteiger partial charge is 0.263 e. The van der Waals surface area contributed by atoms with Gasteiger partial charge < -0.3 is 14.7 Å². The topological polar surface area (TPSA) is 84.1 Å². The molecule has 1 N–H and O–H groups in total. The Balaban J connectivity index is 1.86. The summed E-state index contributed by atoms with van der Waals surface area (Å²) in [4.78, 5) is 23.5. The number of aromatic nitrogens is 3. The molecule has 1 aliphatic heterocycles. The highest BCUT2D eigenvalue weighted by Gasteiger charge is 2.21. The molecule has 1 saturated heterocycles. The molecule has 0 saturated carbocycles. The summed E-state index contributed by atoms with van der Waals surface area (Å²) in [6.07, 6.45) is 5.72. The number of amides is 1. The largest absolute Gasteiger partial charge is 0.356 e. The Morgan fingerprint density at radius 1 is 1.20 bits per heavy atom. The molecule has 3 heterocycles. The molecule has 3 rings (SSSR count). The van der Waals surface area contributed by atoms with Crippen molar-refractivity contribution >= 4 is 22.8 Å². The van der Waals surface area contributed by atoms with E-state index in [0.29, 0.717) is 24.4 Å². The number of rotatable bonds is 5.